The number of aromatic nitrogens is 2. The Bertz CT molecular complexity index is 584. The Kier molecular flexibility index (Phi) is 5.83. The number of nitrogens with zero attached hydrogens (tertiary/aromatic N) is 3. The smallest absolute Gasteiger partial charge is 0.0900 e. The molecular formula is C17H25N3O2S. The van der Waals surface area contributed by atoms with Gasteiger partial charge in [-0.3, -0.25) is 9.58 Å². The summed E-state index contributed by atoms with van der Waals surface area (Å²) < 4.78 is 7.64. The molecule has 1 aliphatic heterocycles. The monoisotopic (exact) mass is 335 g/mol. The van der Waals surface area contributed by atoms with Gasteiger partial charge in [-0.1, -0.05) is 6.07 Å². The number of aliphatic hydroxyl groups is 1. The highest BCUT2D eigenvalue weighted by Crippen LogP contribution is 2.19. The first-order valence-corrected chi connectivity index (χ1v) is 9.10. The van der Waals surface area contributed by atoms with E-state index in [1.807, 2.05) is 22.3 Å². The van der Waals surface area contributed by atoms with E-state index >= 15 is 0 Å². The van der Waals surface area contributed by atoms with Crippen molar-refractivity contribution >= 4 is 11.3 Å². The first-order valence-electron chi connectivity index (χ1n) is 8.22. The summed E-state index contributed by atoms with van der Waals surface area (Å²) in [5, 5.41) is 16.7. The average Bonchev–Trinajstić information content (AvgIpc) is 3.24. The Hall–Kier alpha value is -1.21. The number of aryl methyl sites for hydroxylation is 1. The van der Waals surface area contributed by atoms with Gasteiger partial charge in [-0.15, -0.1) is 11.3 Å². The van der Waals surface area contributed by atoms with Gasteiger partial charge in [-0.25, -0.2) is 0 Å². The van der Waals surface area contributed by atoms with E-state index in [9.17, 15) is 5.11 Å². The normalized spacial score (nSPS) is 20.2. The van der Waals surface area contributed by atoms with Crippen LogP contribution in [-0.4, -0.2) is 51.6 Å². The molecule has 2 atom stereocenters. The summed E-state index contributed by atoms with van der Waals surface area (Å²) in [7, 11) is 0. The molecule has 3 rings (SSSR count). The number of hydrogen-bond donors (Lipinski definition) is 1. The molecule has 0 bridgehead atoms. The summed E-state index contributed by atoms with van der Waals surface area (Å²) >= 11 is 1.68. The van der Waals surface area contributed by atoms with E-state index < -0.39 is 6.10 Å². The minimum absolute atomic E-state index is 0.391. The molecule has 1 saturated heterocycles. The molecule has 0 spiro atoms. The van der Waals surface area contributed by atoms with E-state index in [0.29, 0.717) is 25.8 Å². The lowest BCUT2D eigenvalue weighted by Crippen LogP contribution is -2.40. The summed E-state index contributed by atoms with van der Waals surface area (Å²) in [6, 6.07) is 4.53. The standard InChI is InChI=1S/C17H25N3O2S/c1-14-8-18-20(9-14)10-15-4-2-6-19(15)11-16(21)12-22-13-17-5-3-7-23-17/h3,5,7-9,15-16,21H,2,4,6,10-13H2,1H3/t15-,16-/m0/s1. The van der Waals surface area contributed by atoms with Crippen molar-refractivity contribution in [3.63, 3.8) is 0 Å². The van der Waals surface area contributed by atoms with Crippen LogP contribution in [0.1, 0.15) is 23.3 Å². The van der Waals surface area contributed by atoms with Crippen LogP contribution in [0.25, 0.3) is 0 Å². The second-order valence-electron chi connectivity index (χ2n) is 6.28. The molecule has 0 unspecified atom stereocenters. The molecule has 6 heteroatoms. The zero-order valence-corrected chi connectivity index (χ0v) is 14.4. The maximum absolute atomic E-state index is 10.2. The van der Waals surface area contributed by atoms with Crippen LogP contribution < -0.4 is 0 Å². The van der Waals surface area contributed by atoms with Crippen molar-refractivity contribution in [1.29, 1.82) is 0 Å². The van der Waals surface area contributed by atoms with Crippen LogP contribution in [0.5, 0.6) is 0 Å². The van der Waals surface area contributed by atoms with Gasteiger partial charge in [-0.2, -0.15) is 5.10 Å². The molecule has 126 valence electrons. The van der Waals surface area contributed by atoms with Crippen LogP contribution >= 0.6 is 11.3 Å². The summed E-state index contributed by atoms with van der Waals surface area (Å²) in [6.07, 6.45) is 5.90. The SMILES string of the molecule is Cc1cnn(C[C@@H]2CCCN2C[C@H](O)COCc2cccs2)c1. The molecule has 1 N–H and O–H groups in total. The number of rotatable bonds is 8. The van der Waals surface area contributed by atoms with Crippen molar-refractivity contribution in [3.8, 4) is 0 Å². The highest BCUT2D eigenvalue weighted by Gasteiger charge is 2.26. The van der Waals surface area contributed by atoms with Crippen molar-refractivity contribution in [2.75, 3.05) is 19.7 Å². The van der Waals surface area contributed by atoms with Crippen molar-refractivity contribution in [2.24, 2.45) is 0 Å². The fourth-order valence-corrected chi connectivity index (χ4v) is 3.78. The van der Waals surface area contributed by atoms with Gasteiger partial charge in [0.25, 0.3) is 0 Å². The lowest BCUT2D eigenvalue weighted by molar-refractivity contribution is 0.00741. The Morgan fingerprint density at radius 3 is 3.17 bits per heavy atom. The fraction of sp³-hybridized carbons (Fsp3) is 0.588. The topological polar surface area (TPSA) is 50.5 Å². The third-order valence-electron chi connectivity index (χ3n) is 4.24. The van der Waals surface area contributed by atoms with E-state index in [4.69, 9.17) is 4.74 Å². The van der Waals surface area contributed by atoms with Crippen LogP contribution in [0.2, 0.25) is 0 Å². The summed E-state index contributed by atoms with van der Waals surface area (Å²) in [4.78, 5) is 3.57. The van der Waals surface area contributed by atoms with Gasteiger partial charge in [0.05, 0.1) is 32.1 Å². The summed E-state index contributed by atoms with van der Waals surface area (Å²) in [5.74, 6) is 0. The highest BCUT2D eigenvalue weighted by atomic mass is 32.1. The molecule has 0 radical (unpaired) electrons. The third-order valence-corrected chi connectivity index (χ3v) is 5.09. The van der Waals surface area contributed by atoms with Gasteiger partial charge in [0.2, 0.25) is 0 Å². The maximum Gasteiger partial charge on any atom is 0.0900 e. The van der Waals surface area contributed by atoms with E-state index in [-0.39, 0.29) is 0 Å². The summed E-state index contributed by atoms with van der Waals surface area (Å²) in [6.45, 7) is 5.66. The largest absolute Gasteiger partial charge is 0.389 e. The maximum atomic E-state index is 10.2. The Labute approximate surface area is 141 Å². The number of β-amino-alcohol motifs (C(OH)–C–C–N with tert-alkyl or cyclic N) is 1. The molecule has 0 aromatic carbocycles. The highest BCUT2D eigenvalue weighted by molar-refractivity contribution is 7.09. The van der Waals surface area contributed by atoms with Gasteiger partial charge in [0.15, 0.2) is 0 Å². The number of aliphatic hydroxyl groups excluding tert-OH is 1. The minimum atomic E-state index is -0.435. The van der Waals surface area contributed by atoms with Crippen LogP contribution in [0.4, 0.5) is 0 Å². The third kappa shape index (κ3) is 4.88. The lowest BCUT2D eigenvalue weighted by atomic mass is 10.2. The molecule has 0 saturated carbocycles. The Balaban J connectivity index is 1.42. The van der Waals surface area contributed by atoms with Crippen LogP contribution in [0.15, 0.2) is 29.9 Å². The van der Waals surface area contributed by atoms with Gasteiger partial charge >= 0.3 is 0 Å². The number of ether oxygens (including phenoxy) is 1. The second-order valence-corrected chi connectivity index (χ2v) is 7.31. The minimum Gasteiger partial charge on any atom is -0.389 e. The molecule has 1 fully saturated rings. The second kappa shape index (κ2) is 8.06. The Morgan fingerprint density at radius 1 is 1.52 bits per heavy atom. The predicted octanol–water partition coefficient (Wildman–Crippen LogP) is 2.30. The van der Waals surface area contributed by atoms with Gasteiger partial charge < -0.3 is 9.84 Å². The van der Waals surface area contributed by atoms with Crippen LogP contribution in [0.3, 0.4) is 0 Å². The van der Waals surface area contributed by atoms with E-state index in [2.05, 4.69) is 29.2 Å². The molecule has 5 nitrogen and oxygen atoms in total. The van der Waals surface area contributed by atoms with Crippen LogP contribution in [-0.2, 0) is 17.9 Å². The van der Waals surface area contributed by atoms with Crippen molar-refractivity contribution in [2.45, 2.75) is 45.1 Å². The van der Waals surface area contributed by atoms with Gasteiger partial charge in [0, 0.05) is 23.7 Å². The average molecular weight is 335 g/mol. The van der Waals surface area contributed by atoms with Gasteiger partial charge in [0.1, 0.15) is 0 Å². The van der Waals surface area contributed by atoms with Crippen molar-refractivity contribution in [3.05, 3.63) is 40.3 Å². The first kappa shape index (κ1) is 16.6. The molecule has 23 heavy (non-hydrogen) atoms. The fourth-order valence-electron chi connectivity index (χ4n) is 3.14. The number of likely N-dealkylation sites (tertiary alicyclic amines) is 1. The molecular weight excluding hydrogens is 310 g/mol. The molecule has 0 amide bonds. The van der Waals surface area contributed by atoms with E-state index in [1.54, 1.807) is 11.3 Å². The molecule has 0 aliphatic carbocycles. The van der Waals surface area contributed by atoms with Crippen molar-refractivity contribution < 1.29 is 9.84 Å². The predicted molar refractivity (Wildman–Crippen MR) is 91.5 cm³/mol. The molecule has 1 aliphatic rings. The quantitative estimate of drug-likeness (QED) is 0.804. The lowest BCUT2D eigenvalue weighted by Gasteiger charge is -2.26. The number of hydrogen-bond acceptors (Lipinski definition) is 5. The zero-order valence-electron chi connectivity index (χ0n) is 13.6. The Morgan fingerprint density at radius 2 is 2.43 bits per heavy atom. The summed E-state index contributed by atoms with van der Waals surface area (Å²) in [5.41, 5.74) is 1.19. The van der Waals surface area contributed by atoms with Crippen molar-refractivity contribution in [1.82, 2.24) is 14.7 Å². The molecule has 2 aromatic heterocycles. The zero-order chi connectivity index (χ0) is 16.1. The first-order chi connectivity index (χ1) is 11.2. The van der Waals surface area contributed by atoms with Crippen LogP contribution in [0, 0.1) is 6.92 Å². The van der Waals surface area contributed by atoms with E-state index in [0.717, 1.165) is 13.1 Å². The molecule has 3 heterocycles. The number of thiophene rings is 1. The van der Waals surface area contributed by atoms with Gasteiger partial charge in [-0.05, 0) is 43.3 Å². The molecule has 2 aromatic rings. The van der Waals surface area contributed by atoms with E-state index in [1.165, 1.54) is 23.3 Å².